The second-order valence-electron chi connectivity index (χ2n) is 17.1. The molecule has 1 aromatic carbocycles. The molecule has 1 aliphatic carbocycles. The van der Waals surface area contributed by atoms with Crippen molar-refractivity contribution in [3.63, 3.8) is 0 Å². The van der Waals surface area contributed by atoms with Gasteiger partial charge in [0, 0.05) is 68.0 Å². The molecule has 0 spiro atoms. The molecule has 4 aliphatic rings. The van der Waals surface area contributed by atoms with Crippen LogP contribution in [-0.4, -0.2) is 109 Å². The van der Waals surface area contributed by atoms with Crippen molar-refractivity contribution in [2.45, 2.75) is 102 Å². The second-order valence-corrected chi connectivity index (χ2v) is 18.6. The molecule has 1 atom stereocenters. The van der Waals surface area contributed by atoms with Crippen molar-refractivity contribution < 1.29 is 55.6 Å². The van der Waals surface area contributed by atoms with Crippen molar-refractivity contribution in [1.29, 1.82) is 0 Å². The van der Waals surface area contributed by atoms with E-state index >= 15 is 0 Å². The number of imide groups is 1. The van der Waals surface area contributed by atoms with E-state index in [0.29, 0.717) is 94.9 Å². The Morgan fingerprint density at radius 3 is 2.17 bits per heavy atom. The van der Waals surface area contributed by atoms with Gasteiger partial charge in [0.2, 0.25) is 5.36 Å². The highest BCUT2D eigenvalue weighted by Crippen LogP contribution is 2.51. The summed E-state index contributed by atoms with van der Waals surface area (Å²) in [6, 6.07) is 13.1. The maximum absolute atomic E-state index is 12.5. The Bertz CT molecular complexity index is 2290. The molecule has 1 unspecified atom stereocenters. The van der Waals surface area contributed by atoms with Gasteiger partial charge in [-0.15, -0.1) is 5.06 Å². The maximum atomic E-state index is 12.5. The Balaban J connectivity index is 1.44. The molecule has 3 aliphatic heterocycles. The standard InChI is InChI=1S/C48H65N3O12S/c1-8-49(9-2)35-17-19-38-39(47(3,4)5)33-36(62-42(38)32-35)14-13-15-43-48(6,23-25-59-28-29-61-31-30-60-27-26-58-7)40-34-37(64(55,56)57)18-20-41(40)50(43)24-12-10-11-16-46(54)63-51-44(52)21-22-45(51)53/h13-15,17-20,32-34H,8-12,16,21-31H2,1-7H3/p+1. The van der Waals surface area contributed by atoms with Crippen molar-refractivity contribution in [1.82, 2.24) is 9.64 Å². The SMILES string of the molecule is CC[N+](CC)=c1ccc2c(C(C)(C)C)cc(/C=C/C=C3/N(CCCCCC(=O)ON4C(=O)CCC4=O)c4ccc(S(=O)(=O)O)cc4C3(C)CCOCCOCCOCCOC)oc-2c1. The first-order chi connectivity index (χ1) is 30.5. The third-order valence-electron chi connectivity index (χ3n) is 11.6. The first kappa shape index (κ1) is 50.3. The molecule has 0 saturated carbocycles. The van der Waals surface area contributed by atoms with E-state index in [9.17, 15) is 27.4 Å². The van der Waals surface area contributed by atoms with E-state index in [1.165, 1.54) is 12.1 Å². The number of unbranched alkanes of at least 4 members (excludes halogenated alkanes) is 2. The summed E-state index contributed by atoms with van der Waals surface area (Å²) in [4.78, 5) is 43.4. The number of benzene rings is 2. The van der Waals surface area contributed by atoms with Crippen LogP contribution < -0.4 is 14.8 Å². The number of allylic oxidation sites excluding steroid dienone is 3. The van der Waals surface area contributed by atoms with Crippen molar-refractivity contribution in [3.8, 4) is 11.3 Å². The third kappa shape index (κ3) is 13.0. The zero-order valence-corrected chi connectivity index (χ0v) is 39.3. The molecule has 350 valence electrons. The number of fused-ring (bicyclic) bond motifs is 2. The van der Waals surface area contributed by atoms with E-state index in [2.05, 4.69) is 68.4 Å². The molecule has 15 nitrogen and oxygen atoms in total. The molecule has 1 fully saturated rings. The molecular formula is C48H66N3O12S+. The predicted octanol–water partition coefficient (Wildman–Crippen LogP) is 6.67. The van der Waals surface area contributed by atoms with Crippen LogP contribution in [0.25, 0.3) is 17.4 Å². The van der Waals surface area contributed by atoms with Gasteiger partial charge in [-0.05, 0) is 99.1 Å². The molecule has 5 rings (SSSR count). The van der Waals surface area contributed by atoms with Crippen molar-refractivity contribution >= 4 is 39.7 Å². The Morgan fingerprint density at radius 2 is 1.55 bits per heavy atom. The van der Waals surface area contributed by atoms with Crippen LogP contribution in [-0.2, 0) is 59.1 Å². The Labute approximate surface area is 377 Å². The highest BCUT2D eigenvalue weighted by molar-refractivity contribution is 7.85. The van der Waals surface area contributed by atoms with Gasteiger partial charge in [0.1, 0.15) is 24.6 Å². The number of carbonyl (C=O) groups excluding carboxylic acids is 3. The molecule has 0 aromatic heterocycles. The van der Waals surface area contributed by atoms with Crippen molar-refractivity contribution in [2.75, 3.05) is 77.9 Å². The Morgan fingerprint density at radius 1 is 0.891 bits per heavy atom. The lowest BCUT2D eigenvalue weighted by Gasteiger charge is -2.30. The van der Waals surface area contributed by atoms with Crippen LogP contribution in [0.15, 0.2) is 69.6 Å². The number of nitrogens with zero attached hydrogens (tertiary/aromatic N) is 3. The number of anilines is 1. The molecule has 1 saturated heterocycles. The first-order valence-electron chi connectivity index (χ1n) is 22.2. The van der Waals surface area contributed by atoms with E-state index in [1.54, 1.807) is 13.2 Å². The smallest absolute Gasteiger partial charge is 0.333 e. The van der Waals surface area contributed by atoms with Gasteiger partial charge in [-0.2, -0.15) is 8.42 Å². The van der Waals surface area contributed by atoms with Gasteiger partial charge >= 0.3 is 5.97 Å². The molecule has 3 heterocycles. The van der Waals surface area contributed by atoms with Crippen molar-refractivity contribution in [3.05, 3.63) is 82.6 Å². The van der Waals surface area contributed by atoms with Crippen LogP contribution in [0.1, 0.15) is 103 Å². The zero-order valence-electron chi connectivity index (χ0n) is 38.5. The lowest BCUT2D eigenvalue weighted by molar-refractivity contribution is -0.197. The highest BCUT2D eigenvalue weighted by Gasteiger charge is 2.44. The van der Waals surface area contributed by atoms with Crippen LogP contribution in [0, 0.1) is 0 Å². The van der Waals surface area contributed by atoms with E-state index < -0.39 is 33.3 Å². The fourth-order valence-corrected chi connectivity index (χ4v) is 8.60. The molecule has 64 heavy (non-hydrogen) atoms. The molecule has 16 heteroatoms. The summed E-state index contributed by atoms with van der Waals surface area (Å²) in [5, 5.41) is 1.64. The van der Waals surface area contributed by atoms with Gasteiger partial charge in [-0.1, -0.05) is 33.3 Å². The summed E-state index contributed by atoms with van der Waals surface area (Å²) in [7, 11) is -2.91. The average Bonchev–Trinajstić information content (AvgIpc) is 3.68. The number of amides is 2. The number of carbonyl (C=O) groups is 3. The number of ether oxygens (including phenoxy) is 4. The highest BCUT2D eigenvalue weighted by atomic mass is 32.2. The van der Waals surface area contributed by atoms with Crippen LogP contribution in [0.4, 0.5) is 5.69 Å². The fourth-order valence-electron chi connectivity index (χ4n) is 8.09. The molecule has 0 radical (unpaired) electrons. The molecule has 2 amide bonds. The minimum atomic E-state index is -4.52. The number of rotatable bonds is 24. The number of hydrogen-bond acceptors (Lipinski definition) is 12. The molecule has 1 aromatic rings. The maximum Gasteiger partial charge on any atom is 0.333 e. The topological polar surface area (TPSA) is 174 Å². The quantitative estimate of drug-likeness (QED) is 0.0438. The van der Waals surface area contributed by atoms with Crippen LogP contribution in [0.3, 0.4) is 0 Å². The van der Waals surface area contributed by atoms with E-state index in [-0.39, 0.29) is 29.6 Å². The lowest BCUT2D eigenvalue weighted by Crippen LogP contribution is -2.32. The van der Waals surface area contributed by atoms with Crippen LogP contribution in [0.2, 0.25) is 0 Å². The van der Waals surface area contributed by atoms with Crippen molar-refractivity contribution in [2.24, 2.45) is 0 Å². The average molecular weight is 909 g/mol. The summed E-state index contributed by atoms with van der Waals surface area (Å²) < 4.78 is 66.2. The van der Waals surface area contributed by atoms with Gasteiger partial charge in [0.25, 0.3) is 21.9 Å². The largest absolute Gasteiger partial charge is 0.456 e. The van der Waals surface area contributed by atoms with E-state index in [1.807, 2.05) is 25.2 Å². The minimum absolute atomic E-state index is 0.0261. The van der Waals surface area contributed by atoms with Gasteiger partial charge in [0.05, 0.1) is 50.6 Å². The summed E-state index contributed by atoms with van der Waals surface area (Å²) in [6.45, 7) is 18.0. The summed E-state index contributed by atoms with van der Waals surface area (Å²) in [6.07, 6.45) is 8.16. The number of methoxy groups -OCH3 is 1. The van der Waals surface area contributed by atoms with Crippen LogP contribution in [0.5, 0.6) is 0 Å². The van der Waals surface area contributed by atoms with Gasteiger partial charge in [-0.25, -0.2) is 9.37 Å². The summed E-state index contributed by atoms with van der Waals surface area (Å²) >= 11 is 0. The molecule has 0 bridgehead atoms. The molecule has 1 N–H and O–H groups in total. The second kappa shape index (κ2) is 23.0. The zero-order chi connectivity index (χ0) is 46.5. The number of hydrogen-bond donors (Lipinski definition) is 1. The third-order valence-corrected chi connectivity index (χ3v) is 12.5. The monoisotopic (exact) mass is 908 g/mol. The Hall–Kier alpha value is -4.71. The van der Waals surface area contributed by atoms with Gasteiger partial charge in [-0.3, -0.25) is 14.1 Å². The number of hydroxylamine groups is 2. The molecular weight excluding hydrogens is 843 g/mol. The fraction of sp³-hybridized carbons (Fsp3) is 0.542. The minimum Gasteiger partial charge on any atom is -0.456 e. The summed E-state index contributed by atoms with van der Waals surface area (Å²) in [5.41, 5.74) is 3.62. The van der Waals surface area contributed by atoms with E-state index in [4.69, 9.17) is 28.2 Å². The van der Waals surface area contributed by atoms with Crippen LogP contribution >= 0.6 is 0 Å². The normalized spacial score (nSPS) is 17.4. The predicted molar refractivity (Wildman–Crippen MR) is 243 cm³/mol. The van der Waals surface area contributed by atoms with E-state index in [0.717, 1.165) is 46.7 Å². The van der Waals surface area contributed by atoms with Gasteiger partial charge < -0.3 is 33.1 Å². The summed E-state index contributed by atoms with van der Waals surface area (Å²) in [5.74, 6) is -0.244. The lowest BCUT2D eigenvalue weighted by atomic mass is 9.78. The van der Waals surface area contributed by atoms with Gasteiger partial charge in [0.15, 0.2) is 0 Å². The first-order valence-corrected chi connectivity index (χ1v) is 23.7. The Kier molecular flexibility index (Phi) is 18.0.